The number of hydrogen-bond acceptors (Lipinski definition) is 2. The van der Waals surface area contributed by atoms with Gasteiger partial charge in [-0.2, -0.15) is 0 Å². The quantitative estimate of drug-likeness (QED) is 0.850. The van der Waals surface area contributed by atoms with E-state index in [1.165, 1.54) is 11.1 Å². The van der Waals surface area contributed by atoms with Crippen molar-refractivity contribution in [1.82, 2.24) is 0 Å². The van der Waals surface area contributed by atoms with Crippen LogP contribution in [0.4, 0.5) is 0 Å². The van der Waals surface area contributed by atoms with Crippen LogP contribution in [0.1, 0.15) is 50.4 Å². The van der Waals surface area contributed by atoms with E-state index in [2.05, 4.69) is 45.9 Å². The van der Waals surface area contributed by atoms with Crippen molar-refractivity contribution >= 4 is 0 Å². The van der Waals surface area contributed by atoms with Gasteiger partial charge in [-0.15, -0.1) is 0 Å². The molecule has 0 spiro atoms. The molecule has 1 unspecified atom stereocenters. The molecule has 0 saturated heterocycles. The second-order valence-electron chi connectivity index (χ2n) is 6.71. The number of hydrogen-bond donors (Lipinski definition) is 1. The van der Waals surface area contributed by atoms with Crippen LogP contribution in [0.3, 0.4) is 0 Å². The number of aryl methyl sites for hydroxylation is 1. The largest absolute Gasteiger partial charge is 0.457 e. The van der Waals surface area contributed by atoms with Crippen LogP contribution in [0.5, 0.6) is 11.5 Å². The summed E-state index contributed by atoms with van der Waals surface area (Å²) in [5.41, 5.74) is 9.51. The van der Waals surface area contributed by atoms with Crippen molar-refractivity contribution < 1.29 is 4.74 Å². The molecule has 0 amide bonds. The Labute approximate surface area is 127 Å². The van der Waals surface area contributed by atoms with Gasteiger partial charge >= 0.3 is 0 Å². The average molecular weight is 283 g/mol. The van der Waals surface area contributed by atoms with Crippen molar-refractivity contribution in [3.05, 3.63) is 59.2 Å². The van der Waals surface area contributed by atoms with E-state index in [9.17, 15) is 0 Å². The molecule has 2 aromatic carbocycles. The molecular weight excluding hydrogens is 258 g/mol. The molecule has 0 aromatic heterocycles. The van der Waals surface area contributed by atoms with Crippen molar-refractivity contribution in [3.8, 4) is 11.5 Å². The maximum absolute atomic E-state index is 6.08. The van der Waals surface area contributed by atoms with Gasteiger partial charge in [0.15, 0.2) is 0 Å². The number of rotatable bonds is 3. The highest BCUT2D eigenvalue weighted by molar-refractivity contribution is 5.44. The van der Waals surface area contributed by atoms with E-state index in [4.69, 9.17) is 10.5 Å². The zero-order valence-electron chi connectivity index (χ0n) is 13.6. The van der Waals surface area contributed by atoms with Crippen molar-refractivity contribution in [2.75, 3.05) is 0 Å². The Balaban J connectivity index is 2.31. The minimum atomic E-state index is 0.0450. The summed E-state index contributed by atoms with van der Waals surface area (Å²) in [6, 6.07) is 14.4. The van der Waals surface area contributed by atoms with E-state index >= 15 is 0 Å². The lowest BCUT2D eigenvalue weighted by Gasteiger charge is -2.23. The molecular formula is C19H25NO. The summed E-state index contributed by atoms with van der Waals surface area (Å²) in [5, 5.41) is 0. The number of benzene rings is 2. The van der Waals surface area contributed by atoms with E-state index in [0.717, 1.165) is 17.1 Å². The molecule has 2 aromatic rings. The average Bonchev–Trinajstić information content (AvgIpc) is 2.40. The second-order valence-corrected chi connectivity index (χ2v) is 6.71. The second kappa shape index (κ2) is 5.90. The van der Waals surface area contributed by atoms with Crippen LogP contribution >= 0.6 is 0 Å². The van der Waals surface area contributed by atoms with Crippen LogP contribution < -0.4 is 10.5 Å². The molecule has 2 N–H and O–H groups in total. The molecule has 0 heterocycles. The lowest BCUT2D eigenvalue weighted by atomic mass is 9.85. The van der Waals surface area contributed by atoms with E-state index in [1.54, 1.807) is 0 Å². The minimum absolute atomic E-state index is 0.0450. The fraction of sp³-hybridized carbons (Fsp3) is 0.368. The van der Waals surface area contributed by atoms with Gasteiger partial charge in [0.05, 0.1) is 0 Å². The van der Waals surface area contributed by atoms with Gasteiger partial charge in [-0.05, 0) is 43.0 Å². The molecule has 0 radical (unpaired) electrons. The van der Waals surface area contributed by atoms with E-state index in [-0.39, 0.29) is 11.5 Å². The van der Waals surface area contributed by atoms with Crippen molar-refractivity contribution in [2.24, 2.45) is 5.73 Å². The summed E-state index contributed by atoms with van der Waals surface area (Å²) >= 11 is 0. The normalized spacial score (nSPS) is 13.0. The minimum Gasteiger partial charge on any atom is -0.457 e. The van der Waals surface area contributed by atoms with E-state index in [0.29, 0.717) is 0 Å². The first kappa shape index (κ1) is 15.6. The monoisotopic (exact) mass is 283 g/mol. The smallest absolute Gasteiger partial charge is 0.131 e. The first-order valence-corrected chi connectivity index (χ1v) is 7.42. The van der Waals surface area contributed by atoms with Crippen LogP contribution in [0, 0.1) is 6.92 Å². The molecule has 0 fully saturated rings. The van der Waals surface area contributed by atoms with Gasteiger partial charge in [-0.3, -0.25) is 0 Å². The first-order valence-electron chi connectivity index (χ1n) is 7.42. The first-order chi connectivity index (χ1) is 9.77. The zero-order valence-corrected chi connectivity index (χ0v) is 13.6. The third kappa shape index (κ3) is 3.85. The van der Waals surface area contributed by atoms with Gasteiger partial charge in [-0.25, -0.2) is 0 Å². The highest BCUT2D eigenvalue weighted by Gasteiger charge is 2.19. The topological polar surface area (TPSA) is 35.2 Å². The Bertz CT molecular complexity index is 606. The maximum atomic E-state index is 6.08. The van der Waals surface area contributed by atoms with Gasteiger partial charge < -0.3 is 10.5 Å². The fourth-order valence-corrected chi connectivity index (χ4v) is 2.29. The molecule has 2 rings (SSSR count). The fourth-order valence-electron chi connectivity index (χ4n) is 2.29. The van der Waals surface area contributed by atoms with Gasteiger partial charge in [0, 0.05) is 11.6 Å². The molecule has 2 nitrogen and oxygen atoms in total. The number of ether oxygens (including phenoxy) is 1. The number of nitrogens with two attached hydrogens (primary N) is 1. The van der Waals surface area contributed by atoms with Gasteiger partial charge in [-0.1, -0.05) is 50.6 Å². The van der Waals surface area contributed by atoms with Crippen LogP contribution in [-0.4, -0.2) is 0 Å². The molecule has 0 bridgehead atoms. The molecule has 0 aliphatic heterocycles. The molecule has 21 heavy (non-hydrogen) atoms. The standard InChI is InChI=1S/C19H25NO/c1-13-6-11-18(17(12-13)19(3,4)5)21-16-9-7-15(8-10-16)14(2)20/h6-12,14H,20H2,1-5H3. The predicted octanol–water partition coefficient (Wildman–Crippen LogP) is 5.10. The Kier molecular flexibility index (Phi) is 4.38. The molecule has 2 heteroatoms. The van der Waals surface area contributed by atoms with Crippen LogP contribution in [-0.2, 0) is 5.41 Å². The molecule has 0 aliphatic rings. The third-order valence-electron chi connectivity index (χ3n) is 3.58. The summed E-state index contributed by atoms with van der Waals surface area (Å²) in [7, 11) is 0. The zero-order chi connectivity index (χ0) is 15.6. The summed E-state index contributed by atoms with van der Waals surface area (Å²) in [6.45, 7) is 10.7. The molecule has 112 valence electrons. The Morgan fingerprint density at radius 1 is 1.00 bits per heavy atom. The van der Waals surface area contributed by atoms with Crippen molar-refractivity contribution in [3.63, 3.8) is 0 Å². The van der Waals surface area contributed by atoms with Crippen molar-refractivity contribution in [2.45, 2.75) is 46.1 Å². The van der Waals surface area contributed by atoms with E-state index < -0.39 is 0 Å². The van der Waals surface area contributed by atoms with Crippen LogP contribution in [0.2, 0.25) is 0 Å². The van der Waals surface area contributed by atoms with Gasteiger partial charge in [0.25, 0.3) is 0 Å². The van der Waals surface area contributed by atoms with E-state index in [1.807, 2.05) is 31.2 Å². The SMILES string of the molecule is Cc1ccc(Oc2ccc(C(C)N)cc2)c(C(C)(C)C)c1. The lowest BCUT2D eigenvalue weighted by molar-refractivity contribution is 0.455. The highest BCUT2D eigenvalue weighted by Crippen LogP contribution is 2.35. The highest BCUT2D eigenvalue weighted by atomic mass is 16.5. The van der Waals surface area contributed by atoms with Crippen molar-refractivity contribution in [1.29, 1.82) is 0 Å². The molecule has 0 aliphatic carbocycles. The Morgan fingerprint density at radius 3 is 2.14 bits per heavy atom. The Morgan fingerprint density at radius 2 is 1.62 bits per heavy atom. The summed E-state index contributed by atoms with van der Waals surface area (Å²) in [5.74, 6) is 1.76. The van der Waals surface area contributed by atoms with Crippen LogP contribution in [0.15, 0.2) is 42.5 Å². The van der Waals surface area contributed by atoms with Gasteiger partial charge in [0.1, 0.15) is 11.5 Å². The molecule has 0 saturated carbocycles. The van der Waals surface area contributed by atoms with Crippen LogP contribution in [0.25, 0.3) is 0 Å². The third-order valence-corrected chi connectivity index (χ3v) is 3.58. The Hall–Kier alpha value is -1.80. The summed E-state index contributed by atoms with van der Waals surface area (Å²) in [4.78, 5) is 0. The van der Waals surface area contributed by atoms with Gasteiger partial charge in [0.2, 0.25) is 0 Å². The maximum Gasteiger partial charge on any atom is 0.131 e. The summed E-state index contributed by atoms with van der Waals surface area (Å²) < 4.78 is 6.08. The summed E-state index contributed by atoms with van der Waals surface area (Å²) in [6.07, 6.45) is 0. The molecule has 1 atom stereocenters. The lowest BCUT2D eigenvalue weighted by Crippen LogP contribution is -2.12. The predicted molar refractivity (Wildman–Crippen MR) is 89.0 cm³/mol.